The Labute approximate surface area is 404 Å². The lowest BCUT2D eigenvalue weighted by molar-refractivity contribution is -0.167. The molecule has 0 heterocycles. The Morgan fingerprint density at radius 1 is 0.292 bits per heavy atom. The fraction of sp³-hybridized carbons (Fsp3) is 0.847. The molecule has 380 valence electrons. The quantitative estimate of drug-likeness (QED) is 0.0262. The third kappa shape index (κ3) is 52.5. The second kappa shape index (κ2) is 54.2. The lowest BCUT2D eigenvalue weighted by Gasteiger charge is -2.18. The molecule has 6 nitrogen and oxygen atoms in total. The Bertz CT molecular complexity index is 1090. The summed E-state index contributed by atoms with van der Waals surface area (Å²) in [6, 6.07) is 0. The van der Waals surface area contributed by atoms with Crippen molar-refractivity contribution in [2.75, 3.05) is 13.2 Å². The van der Waals surface area contributed by atoms with E-state index < -0.39 is 6.10 Å². The van der Waals surface area contributed by atoms with Crippen molar-refractivity contribution in [3.63, 3.8) is 0 Å². The Kier molecular flexibility index (Phi) is 52.3. The van der Waals surface area contributed by atoms with E-state index in [1.54, 1.807) is 0 Å². The van der Waals surface area contributed by atoms with Crippen molar-refractivity contribution in [3.8, 4) is 0 Å². The Hall–Kier alpha value is -2.37. The molecule has 0 aromatic heterocycles. The zero-order chi connectivity index (χ0) is 47.2. The number of carbonyl (C=O) groups excluding carboxylic acids is 3. The monoisotopic (exact) mass is 913 g/mol. The number of ether oxygens (including phenoxy) is 3. The summed E-state index contributed by atoms with van der Waals surface area (Å²) < 4.78 is 16.8. The molecule has 0 aromatic carbocycles. The first kappa shape index (κ1) is 62.6. The molecule has 0 aromatic rings. The molecule has 0 fully saturated rings. The maximum absolute atomic E-state index is 12.8. The van der Waals surface area contributed by atoms with E-state index in [4.69, 9.17) is 14.2 Å². The summed E-state index contributed by atoms with van der Waals surface area (Å²) in [6.45, 7) is 6.64. The van der Waals surface area contributed by atoms with Gasteiger partial charge in [0, 0.05) is 19.3 Å². The molecule has 0 saturated heterocycles. The van der Waals surface area contributed by atoms with Gasteiger partial charge in [0.25, 0.3) is 0 Å². The van der Waals surface area contributed by atoms with Crippen molar-refractivity contribution >= 4 is 17.9 Å². The fourth-order valence-corrected chi connectivity index (χ4v) is 8.25. The minimum absolute atomic E-state index is 0.0783. The largest absolute Gasteiger partial charge is 0.462 e. The molecule has 0 aliphatic rings. The first-order valence-electron chi connectivity index (χ1n) is 28.5. The van der Waals surface area contributed by atoms with E-state index in [0.717, 1.165) is 70.6 Å². The van der Waals surface area contributed by atoms with Crippen LogP contribution < -0.4 is 0 Å². The van der Waals surface area contributed by atoms with Gasteiger partial charge in [0.15, 0.2) is 6.10 Å². The molecular formula is C59H108O6. The van der Waals surface area contributed by atoms with Crippen molar-refractivity contribution in [2.45, 2.75) is 309 Å². The molecule has 0 aliphatic carbocycles. The summed E-state index contributed by atoms with van der Waals surface area (Å²) in [5, 5.41) is 0. The number of hydrogen-bond donors (Lipinski definition) is 0. The van der Waals surface area contributed by atoms with Gasteiger partial charge in [-0.15, -0.1) is 0 Å². The van der Waals surface area contributed by atoms with Crippen LogP contribution >= 0.6 is 0 Å². The first-order chi connectivity index (χ1) is 32.0. The van der Waals surface area contributed by atoms with E-state index in [1.165, 1.54) is 193 Å². The van der Waals surface area contributed by atoms with Crippen molar-refractivity contribution in [1.29, 1.82) is 0 Å². The van der Waals surface area contributed by atoms with E-state index in [-0.39, 0.29) is 31.1 Å². The summed E-state index contributed by atoms with van der Waals surface area (Å²) >= 11 is 0. The number of unbranched alkanes of at least 4 members (excludes halogenated alkanes) is 35. The molecule has 6 heteroatoms. The van der Waals surface area contributed by atoms with Crippen LogP contribution in [0.5, 0.6) is 0 Å². The molecule has 0 rings (SSSR count). The summed E-state index contributed by atoms with van der Waals surface area (Å²) in [6.07, 6.45) is 64.1. The minimum Gasteiger partial charge on any atom is -0.462 e. The predicted octanol–water partition coefficient (Wildman–Crippen LogP) is 18.9. The molecule has 0 bridgehead atoms. The van der Waals surface area contributed by atoms with Crippen LogP contribution in [-0.4, -0.2) is 37.2 Å². The van der Waals surface area contributed by atoms with E-state index >= 15 is 0 Å². The third-order valence-electron chi connectivity index (χ3n) is 12.6. The van der Waals surface area contributed by atoms with E-state index in [0.29, 0.717) is 19.3 Å². The minimum atomic E-state index is -0.780. The number of allylic oxidation sites excluding steroid dienone is 6. The highest BCUT2D eigenvalue weighted by Crippen LogP contribution is 2.15. The number of rotatable bonds is 52. The van der Waals surface area contributed by atoms with Crippen molar-refractivity contribution in [3.05, 3.63) is 36.5 Å². The average molecular weight is 914 g/mol. The Morgan fingerprint density at radius 3 is 0.769 bits per heavy atom. The Morgan fingerprint density at radius 2 is 0.508 bits per heavy atom. The molecule has 0 aliphatic heterocycles. The third-order valence-corrected chi connectivity index (χ3v) is 12.6. The second-order valence-corrected chi connectivity index (χ2v) is 19.2. The summed E-state index contributed by atoms with van der Waals surface area (Å²) in [7, 11) is 0. The maximum Gasteiger partial charge on any atom is 0.306 e. The number of esters is 3. The van der Waals surface area contributed by atoms with Crippen LogP contribution in [0.25, 0.3) is 0 Å². The van der Waals surface area contributed by atoms with Gasteiger partial charge in [-0.1, -0.05) is 224 Å². The smallest absolute Gasteiger partial charge is 0.306 e. The van der Waals surface area contributed by atoms with Crippen LogP contribution in [-0.2, 0) is 28.6 Å². The van der Waals surface area contributed by atoms with E-state index in [2.05, 4.69) is 57.2 Å². The van der Waals surface area contributed by atoms with Crippen LogP contribution in [0.3, 0.4) is 0 Å². The van der Waals surface area contributed by atoms with Crippen LogP contribution in [0.4, 0.5) is 0 Å². The molecule has 1 atom stereocenters. The van der Waals surface area contributed by atoms with Gasteiger partial charge in [-0.05, 0) is 96.3 Å². The van der Waals surface area contributed by atoms with Crippen LogP contribution in [0.15, 0.2) is 36.5 Å². The van der Waals surface area contributed by atoms with Crippen molar-refractivity contribution < 1.29 is 28.6 Å². The van der Waals surface area contributed by atoms with Gasteiger partial charge in [0.1, 0.15) is 13.2 Å². The summed E-state index contributed by atoms with van der Waals surface area (Å²) in [4.78, 5) is 38.1. The molecular weight excluding hydrogens is 805 g/mol. The van der Waals surface area contributed by atoms with Gasteiger partial charge in [-0.3, -0.25) is 14.4 Å². The lowest BCUT2D eigenvalue weighted by atomic mass is 10.1. The summed E-state index contributed by atoms with van der Waals surface area (Å²) in [5.41, 5.74) is 0. The van der Waals surface area contributed by atoms with Crippen molar-refractivity contribution in [2.24, 2.45) is 0 Å². The zero-order valence-electron chi connectivity index (χ0n) is 43.5. The number of hydrogen-bond acceptors (Lipinski definition) is 6. The Balaban J connectivity index is 4.36. The highest BCUT2D eigenvalue weighted by atomic mass is 16.6. The van der Waals surface area contributed by atoms with Crippen LogP contribution in [0.1, 0.15) is 303 Å². The molecule has 0 saturated carbocycles. The number of carbonyl (C=O) groups is 3. The van der Waals surface area contributed by atoms with Crippen molar-refractivity contribution in [1.82, 2.24) is 0 Å². The summed E-state index contributed by atoms with van der Waals surface area (Å²) in [5.74, 6) is -0.886. The molecule has 0 N–H and O–H groups in total. The molecule has 0 amide bonds. The van der Waals surface area contributed by atoms with E-state index in [1.807, 2.05) is 0 Å². The average Bonchev–Trinajstić information content (AvgIpc) is 3.30. The van der Waals surface area contributed by atoms with Gasteiger partial charge in [-0.25, -0.2) is 0 Å². The van der Waals surface area contributed by atoms with Crippen LogP contribution in [0.2, 0.25) is 0 Å². The van der Waals surface area contributed by atoms with E-state index in [9.17, 15) is 14.4 Å². The van der Waals surface area contributed by atoms with Gasteiger partial charge >= 0.3 is 17.9 Å². The predicted molar refractivity (Wildman–Crippen MR) is 279 cm³/mol. The van der Waals surface area contributed by atoms with Gasteiger partial charge in [-0.2, -0.15) is 0 Å². The molecule has 0 radical (unpaired) electrons. The highest BCUT2D eigenvalue weighted by molar-refractivity contribution is 5.71. The second-order valence-electron chi connectivity index (χ2n) is 19.2. The topological polar surface area (TPSA) is 78.9 Å². The molecule has 1 unspecified atom stereocenters. The zero-order valence-corrected chi connectivity index (χ0v) is 43.5. The standard InChI is InChI=1S/C59H108O6/c1-4-7-10-13-16-19-22-25-28-29-30-32-34-37-40-43-46-49-52-58(61)64-55-56(54-63-57(60)51-48-45-42-39-36-33-27-24-21-18-15-12-9-6-3)65-59(62)53-50-47-44-41-38-35-31-26-23-20-17-14-11-8-5-2/h24,26-29,31,56H,4-23,25,30,32-55H2,1-3H3/b27-24-,29-28-,31-26-. The SMILES string of the molecule is CCCCCCC/C=C\CCCCCCCC(=O)OCC(COC(=O)CCCCCCCCC/C=C\CCCCCCCCC)OC(=O)CCCCCCC/C=C\CCCCCCCC. The molecule has 0 spiro atoms. The van der Waals surface area contributed by atoms with Gasteiger partial charge in [0.2, 0.25) is 0 Å². The first-order valence-corrected chi connectivity index (χ1v) is 28.5. The normalized spacial score (nSPS) is 12.2. The fourth-order valence-electron chi connectivity index (χ4n) is 8.25. The molecule has 65 heavy (non-hydrogen) atoms. The van der Waals surface area contributed by atoms with Gasteiger partial charge < -0.3 is 14.2 Å². The highest BCUT2D eigenvalue weighted by Gasteiger charge is 2.19. The lowest BCUT2D eigenvalue weighted by Crippen LogP contribution is -2.30. The maximum atomic E-state index is 12.8. The van der Waals surface area contributed by atoms with Crippen LogP contribution in [0, 0.1) is 0 Å². The van der Waals surface area contributed by atoms with Gasteiger partial charge in [0.05, 0.1) is 0 Å².